The van der Waals surface area contributed by atoms with E-state index >= 15 is 0 Å². The maximum absolute atomic E-state index is 11.8. The first-order valence-corrected chi connectivity index (χ1v) is 6.67. The van der Waals surface area contributed by atoms with E-state index in [1.807, 2.05) is 0 Å². The van der Waals surface area contributed by atoms with Crippen LogP contribution in [-0.4, -0.2) is 27.6 Å². The highest BCUT2D eigenvalue weighted by molar-refractivity contribution is 5.87. The molecule has 0 heterocycles. The maximum atomic E-state index is 11.8. The van der Waals surface area contributed by atoms with Crippen molar-refractivity contribution in [1.29, 1.82) is 0 Å². The van der Waals surface area contributed by atoms with Gasteiger partial charge in [-0.1, -0.05) is 6.58 Å². The predicted molar refractivity (Wildman–Crippen MR) is 64.4 cm³/mol. The SMILES string of the molecule is C=C(C)C(=O)OC12CC3CC(CC(C3)C1(O)O)C2. The van der Waals surface area contributed by atoms with Gasteiger partial charge in [-0.15, -0.1) is 0 Å². The monoisotopic (exact) mass is 252 g/mol. The van der Waals surface area contributed by atoms with Gasteiger partial charge in [-0.3, -0.25) is 0 Å². The molecule has 0 saturated heterocycles. The van der Waals surface area contributed by atoms with Crippen LogP contribution >= 0.6 is 0 Å². The van der Waals surface area contributed by atoms with Gasteiger partial charge in [-0.2, -0.15) is 0 Å². The smallest absolute Gasteiger partial charge is 0.333 e. The fourth-order valence-corrected chi connectivity index (χ4v) is 4.34. The fraction of sp³-hybridized carbons (Fsp3) is 0.786. The van der Waals surface area contributed by atoms with Crippen molar-refractivity contribution in [1.82, 2.24) is 0 Å². The summed E-state index contributed by atoms with van der Waals surface area (Å²) < 4.78 is 5.49. The minimum Gasteiger partial charge on any atom is -0.450 e. The molecule has 0 aliphatic heterocycles. The van der Waals surface area contributed by atoms with Crippen molar-refractivity contribution in [3.05, 3.63) is 12.2 Å². The standard InChI is InChI=1S/C14H20O4/c1-8(2)12(15)18-13-6-9-3-10(7-13)5-11(4-9)14(13,16)17/h9-11,16-17H,1,3-7H2,2H3. The minimum absolute atomic E-state index is 0.151. The van der Waals surface area contributed by atoms with E-state index in [0.717, 1.165) is 19.3 Å². The lowest BCUT2D eigenvalue weighted by atomic mass is 9.51. The van der Waals surface area contributed by atoms with Crippen LogP contribution < -0.4 is 0 Å². The summed E-state index contributed by atoms with van der Waals surface area (Å²) in [6.07, 6.45) is 3.97. The van der Waals surface area contributed by atoms with Gasteiger partial charge in [-0.05, 0) is 50.9 Å². The van der Waals surface area contributed by atoms with Crippen LogP contribution in [0.1, 0.15) is 39.0 Å². The largest absolute Gasteiger partial charge is 0.450 e. The third kappa shape index (κ3) is 1.48. The van der Waals surface area contributed by atoms with E-state index in [1.165, 1.54) is 0 Å². The summed E-state index contributed by atoms with van der Waals surface area (Å²) >= 11 is 0. The molecular weight excluding hydrogens is 232 g/mol. The van der Waals surface area contributed by atoms with E-state index in [4.69, 9.17) is 4.74 Å². The second-order valence-electron chi connectivity index (χ2n) is 6.43. The first-order valence-electron chi connectivity index (χ1n) is 6.67. The van der Waals surface area contributed by atoms with Crippen LogP contribution in [0.25, 0.3) is 0 Å². The lowest BCUT2D eigenvalue weighted by Crippen LogP contribution is -2.70. The average Bonchev–Trinajstić information content (AvgIpc) is 2.25. The Morgan fingerprint density at radius 1 is 1.22 bits per heavy atom. The van der Waals surface area contributed by atoms with E-state index in [0.29, 0.717) is 30.3 Å². The number of ether oxygens (including phenoxy) is 1. The van der Waals surface area contributed by atoms with Gasteiger partial charge in [0.05, 0.1) is 0 Å². The van der Waals surface area contributed by atoms with E-state index in [1.54, 1.807) is 6.92 Å². The highest BCUT2D eigenvalue weighted by atomic mass is 16.6. The van der Waals surface area contributed by atoms with Crippen molar-refractivity contribution in [2.75, 3.05) is 0 Å². The second kappa shape index (κ2) is 3.58. The zero-order valence-corrected chi connectivity index (χ0v) is 10.7. The molecule has 2 unspecified atom stereocenters. The Labute approximate surface area is 107 Å². The van der Waals surface area contributed by atoms with Crippen LogP contribution in [0.4, 0.5) is 0 Å². The van der Waals surface area contributed by atoms with Crippen molar-refractivity contribution in [3.8, 4) is 0 Å². The molecule has 4 heteroatoms. The number of rotatable bonds is 2. The van der Waals surface area contributed by atoms with Gasteiger partial charge in [0.2, 0.25) is 5.79 Å². The van der Waals surface area contributed by atoms with Crippen molar-refractivity contribution in [2.24, 2.45) is 17.8 Å². The Morgan fingerprint density at radius 2 is 1.78 bits per heavy atom. The quantitative estimate of drug-likeness (QED) is 0.442. The second-order valence-corrected chi connectivity index (χ2v) is 6.43. The molecule has 4 saturated carbocycles. The molecule has 0 aromatic carbocycles. The van der Waals surface area contributed by atoms with Crippen LogP contribution in [0.3, 0.4) is 0 Å². The van der Waals surface area contributed by atoms with Gasteiger partial charge in [0, 0.05) is 11.5 Å². The Morgan fingerprint density at radius 3 is 2.28 bits per heavy atom. The van der Waals surface area contributed by atoms with Gasteiger partial charge in [0.15, 0.2) is 5.60 Å². The molecule has 18 heavy (non-hydrogen) atoms. The zero-order valence-electron chi connectivity index (χ0n) is 10.7. The molecule has 2 atom stereocenters. The normalized spacial score (nSPS) is 43.8. The van der Waals surface area contributed by atoms with Crippen molar-refractivity contribution < 1.29 is 19.7 Å². The molecule has 100 valence electrons. The summed E-state index contributed by atoms with van der Waals surface area (Å²) in [6, 6.07) is 0. The van der Waals surface area contributed by atoms with Gasteiger partial charge >= 0.3 is 5.97 Å². The lowest BCUT2D eigenvalue weighted by molar-refractivity contribution is -0.359. The Kier molecular flexibility index (Phi) is 2.42. The Hall–Kier alpha value is -0.870. The van der Waals surface area contributed by atoms with Crippen molar-refractivity contribution in [3.63, 3.8) is 0 Å². The molecule has 4 rings (SSSR count). The number of hydrogen-bond acceptors (Lipinski definition) is 4. The molecular formula is C14H20O4. The van der Waals surface area contributed by atoms with E-state index in [2.05, 4.69) is 6.58 Å². The van der Waals surface area contributed by atoms with Gasteiger partial charge in [0.25, 0.3) is 0 Å². The van der Waals surface area contributed by atoms with Crippen LogP contribution in [0.5, 0.6) is 0 Å². The first-order chi connectivity index (χ1) is 8.34. The van der Waals surface area contributed by atoms with Crippen molar-refractivity contribution in [2.45, 2.75) is 50.4 Å². The fourth-order valence-electron chi connectivity index (χ4n) is 4.34. The number of hydrogen-bond donors (Lipinski definition) is 2. The molecule has 0 aromatic rings. The van der Waals surface area contributed by atoms with Crippen LogP contribution in [0.15, 0.2) is 12.2 Å². The molecule has 4 fully saturated rings. The van der Waals surface area contributed by atoms with Gasteiger partial charge < -0.3 is 14.9 Å². The highest BCUT2D eigenvalue weighted by Gasteiger charge is 2.67. The van der Waals surface area contributed by atoms with Gasteiger partial charge in [-0.25, -0.2) is 4.79 Å². The Balaban J connectivity index is 1.93. The summed E-state index contributed by atoms with van der Waals surface area (Å²) in [5.74, 6) is -1.60. The molecule has 0 spiro atoms. The lowest BCUT2D eigenvalue weighted by Gasteiger charge is -2.61. The molecule has 0 aromatic heterocycles. The number of aliphatic hydroxyl groups is 2. The van der Waals surface area contributed by atoms with E-state index < -0.39 is 17.4 Å². The van der Waals surface area contributed by atoms with Gasteiger partial charge in [0.1, 0.15) is 0 Å². The number of carbonyl (C=O) groups excluding carboxylic acids is 1. The summed E-state index contributed by atoms with van der Waals surface area (Å²) in [5, 5.41) is 20.8. The van der Waals surface area contributed by atoms with Crippen molar-refractivity contribution >= 4 is 5.97 Å². The molecule has 2 N–H and O–H groups in total. The first kappa shape index (κ1) is 12.2. The third-order valence-corrected chi connectivity index (χ3v) is 5.02. The topological polar surface area (TPSA) is 66.8 Å². The highest BCUT2D eigenvalue weighted by Crippen LogP contribution is 2.60. The number of carbonyl (C=O) groups is 1. The van der Waals surface area contributed by atoms with E-state index in [9.17, 15) is 15.0 Å². The molecule has 4 aliphatic carbocycles. The summed E-state index contributed by atoms with van der Waals surface area (Å²) in [7, 11) is 0. The van der Waals surface area contributed by atoms with Crippen LogP contribution in [-0.2, 0) is 9.53 Å². The Bertz CT molecular complexity index is 398. The summed E-state index contributed by atoms with van der Waals surface area (Å²) in [6.45, 7) is 5.15. The summed E-state index contributed by atoms with van der Waals surface area (Å²) in [5.41, 5.74) is -0.792. The minimum atomic E-state index is -1.87. The molecule has 0 radical (unpaired) electrons. The van der Waals surface area contributed by atoms with Crippen LogP contribution in [0, 0.1) is 17.8 Å². The third-order valence-electron chi connectivity index (χ3n) is 5.02. The average molecular weight is 252 g/mol. The molecule has 0 amide bonds. The maximum Gasteiger partial charge on any atom is 0.333 e. The predicted octanol–water partition coefficient (Wildman–Crippen LogP) is 1.37. The zero-order chi connectivity index (χ0) is 13.1. The molecule has 4 nitrogen and oxygen atoms in total. The van der Waals surface area contributed by atoms with Crippen LogP contribution in [0.2, 0.25) is 0 Å². The summed E-state index contributed by atoms with van der Waals surface area (Å²) in [4.78, 5) is 11.8. The molecule has 4 bridgehead atoms. The van der Waals surface area contributed by atoms with E-state index in [-0.39, 0.29) is 5.92 Å². The molecule has 4 aliphatic rings. The number of esters is 1.